The number of hydrogen-bond acceptors (Lipinski definition) is 2. The van der Waals surface area contributed by atoms with E-state index in [0.717, 1.165) is 18.5 Å². The second kappa shape index (κ2) is 3.44. The molecule has 1 aromatic carbocycles. The highest BCUT2D eigenvalue weighted by Gasteiger charge is 2.40. The normalized spacial score (nSPS) is 18.1. The Bertz CT molecular complexity index is 347. The van der Waals surface area contributed by atoms with Crippen LogP contribution in [0.15, 0.2) is 18.2 Å². The van der Waals surface area contributed by atoms with E-state index in [4.69, 9.17) is 17.3 Å². The molecule has 2 rings (SSSR count). The molecular weight excluding hydrogens is 198 g/mol. The zero-order valence-corrected chi connectivity index (χ0v) is 8.72. The molecule has 0 aromatic heterocycles. The van der Waals surface area contributed by atoms with E-state index in [0.29, 0.717) is 10.4 Å². The second-order valence-corrected chi connectivity index (χ2v) is 4.57. The molecule has 1 aliphatic carbocycles. The summed E-state index contributed by atoms with van der Waals surface area (Å²) < 4.78 is 0. The minimum Gasteiger partial charge on any atom is -0.506 e. The minimum absolute atomic E-state index is 0.146. The highest BCUT2D eigenvalue weighted by atomic mass is 35.5. The van der Waals surface area contributed by atoms with Gasteiger partial charge in [-0.3, -0.25) is 0 Å². The number of hydrogen-bond donors (Lipinski definition) is 2. The fourth-order valence-electron chi connectivity index (χ4n) is 1.72. The molecule has 3 heteroatoms. The molecule has 2 nitrogen and oxygen atoms in total. The van der Waals surface area contributed by atoms with E-state index in [9.17, 15) is 5.11 Å². The van der Waals surface area contributed by atoms with E-state index in [1.807, 2.05) is 12.1 Å². The van der Waals surface area contributed by atoms with Crippen molar-refractivity contribution in [1.82, 2.24) is 0 Å². The molecule has 0 amide bonds. The van der Waals surface area contributed by atoms with Gasteiger partial charge < -0.3 is 10.8 Å². The third kappa shape index (κ3) is 1.86. The molecule has 0 unspecified atom stereocenters. The summed E-state index contributed by atoms with van der Waals surface area (Å²) in [5.41, 5.74) is 7.18. The van der Waals surface area contributed by atoms with Crippen molar-refractivity contribution in [2.24, 2.45) is 11.1 Å². The van der Waals surface area contributed by atoms with Crippen LogP contribution in [-0.2, 0) is 6.42 Å². The molecule has 3 N–H and O–H groups in total. The van der Waals surface area contributed by atoms with E-state index in [-0.39, 0.29) is 5.75 Å². The lowest BCUT2D eigenvalue weighted by Crippen LogP contribution is -2.17. The summed E-state index contributed by atoms with van der Waals surface area (Å²) in [7, 11) is 0. The van der Waals surface area contributed by atoms with Gasteiger partial charge in [-0.2, -0.15) is 0 Å². The Morgan fingerprint density at radius 1 is 1.43 bits per heavy atom. The first-order valence-electron chi connectivity index (χ1n) is 4.83. The Labute approximate surface area is 88.7 Å². The topological polar surface area (TPSA) is 46.2 Å². The first-order valence-corrected chi connectivity index (χ1v) is 5.20. The van der Waals surface area contributed by atoms with E-state index >= 15 is 0 Å². The second-order valence-electron chi connectivity index (χ2n) is 4.17. The standard InChI is InChI=1S/C11H14ClNO/c12-9-5-8(1-2-10(9)14)6-11(7-13)3-4-11/h1-2,5,14H,3-4,6-7,13H2. The van der Waals surface area contributed by atoms with Crippen LogP contribution in [0.5, 0.6) is 5.75 Å². The summed E-state index contributed by atoms with van der Waals surface area (Å²) in [6.07, 6.45) is 3.40. The lowest BCUT2D eigenvalue weighted by molar-refractivity contribution is 0.474. The smallest absolute Gasteiger partial charge is 0.134 e. The monoisotopic (exact) mass is 211 g/mol. The number of aromatic hydroxyl groups is 1. The molecule has 0 spiro atoms. The van der Waals surface area contributed by atoms with Gasteiger partial charge in [0.25, 0.3) is 0 Å². The molecule has 1 aliphatic rings. The first-order chi connectivity index (χ1) is 6.65. The van der Waals surface area contributed by atoms with Crippen LogP contribution in [0.2, 0.25) is 5.02 Å². The molecule has 14 heavy (non-hydrogen) atoms. The summed E-state index contributed by atoms with van der Waals surface area (Å²) in [5, 5.41) is 9.68. The summed E-state index contributed by atoms with van der Waals surface area (Å²) >= 11 is 5.83. The molecule has 76 valence electrons. The van der Waals surface area contributed by atoms with Gasteiger partial charge in [0.2, 0.25) is 0 Å². The van der Waals surface area contributed by atoms with Crippen molar-refractivity contribution in [3.8, 4) is 5.75 Å². The molecule has 1 fully saturated rings. The molecule has 0 atom stereocenters. The van der Waals surface area contributed by atoms with Crippen LogP contribution in [0.25, 0.3) is 0 Å². The van der Waals surface area contributed by atoms with E-state index in [1.54, 1.807) is 6.07 Å². The Morgan fingerprint density at radius 2 is 2.14 bits per heavy atom. The van der Waals surface area contributed by atoms with Gasteiger partial charge in [-0.15, -0.1) is 0 Å². The Morgan fingerprint density at radius 3 is 2.64 bits per heavy atom. The quantitative estimate of drug-likeness (QED) is 0.806. The zero-order valence-electron chi connectivity index (χ0n) is 7.96. The van der Waals surface area contributed by atoms with Crippen LogP contribution in [0.3, 0.4) is 0 Å². The lowest BCUT2D eigenvalue weighted by atomic mass is 9.97. The highest BCUT2D eigenvalue weighted by Crippen LogP contribution is 2.47. The predicted octanol–water partition coefficient (Wildman–Crippen LogP) is 2.33. The maximum Gasteiger partial charge on any atom is 0.134 e. The number of phenols is 1. The molecule has 0 heterocycles. The van der Waals surface area contributed by atoms with Crippen molar-refractivity contribution in [1.29, 1.82) is 0 Å². The van der Waals surface area contributed by atoms with Crippen LogP contribution in [0, 0.1) is 5.41 Å². The summed E-state index contributed by atoms with van der Waals surface area (Å²) in [6.45, 7) is 0.742. The van der Waals surface area contributed by atoms with E-state index in [1.165, 1.54) is 12.8 Å². The SMILES string of the molecule is NCC1(Cc2ccc(O)c(Cl)c2)CC1. The van der Waals surface area contributed by atoms with Gasteiger partial charge >= 0.3 is 0 Å². The third-order valence-electron chi connectivity index (χ3n) is 2.98. The maximum atomic E-state index is 9.26. The zero-order chi connectivity index (χ0) is 10.2. The van der Waals surface area contributed by atoms with Gasteiger partial charge in [-0.1, -0.05) is 17.7 Å². The van der Waals surface area contributed by atoms with E-state index < -0.39 is 0 Å². The molecule has 0 bridgehead atoms. The van der Waals surface area contributed by atoms with Crippen molar-refractivity contribution in [2.45, 2.75) is 19.3 Å². The predicted molar refractivity (Wildman–Crippen MR) is 57.5 cm³/mol. The van der Waals surface area contributed by atoms with Crippen molar-refractivity contribution in [3.05, 3.63) is 28.8 Å². The number of halogens is 1. The van der Waals surface area contributed by atoms with Gasteiger partial charge in [0.1, 0.15) is 5.75 Å². The summed E-state index contributed by atoms with van der Waals surface area (Å²) in [6, 6.07) is 5.38. The van der Waals surface area contributed by atoms with Gasteiger partial charge in [0, 0.05) is 0 Å². The molecule has 1 saturated carbocycles. The van der Waals surface area contributed by atoms with Crippen LogP contribution in [-0.4, -0.2) is 11.7 Å². The number of rotatable bonds is 3. The van der Waals surface area contributed by atoms with Crippen molar-refractivity contribution in [3.63, 3.8) is 0 Å². The van der Waals surface area contributed by atoms with Gasteiger partial charge in [-0.05, 0) is 48.9 Å². The van der Waals surface area contributed by atoms with Crippen LogP contribution >= 0.6 is 11.6 Å². The average Bonchev–Trinajstić information content (AvgIpc) is 2.93. The summed E-state index contributed by atoms with van der Waals surface area (Å²) in [4.78, 5) is 0. The third-order valence-corrected chi connectivity index (χ3v) is 3.28. The fourth-order valence-corrected chi connectivity index (χ4v) is 1.93. The molecular formula is C11H14ClNO. The number of benzene rings is 1. The van der Waals surface area contributed by atoms with Gasteiger partial charge in [-0.25, -0.2) is 0 Å². The molecule has 1 aromatic rings. The lowest BCUT2D eigenvalue weighted by Gasteiger charge is -2.12. The maximum absolute atomic E-state index is 9.26. The van der Waals surface area contributed by atoms with Crippen LogP contribution in [0.1, 0.15) is 18.4 Å². The average molecular weight is 212 g/mol. The Balaban J connectivity index is 2.14. The van der Waals surface area contributed by atoms with Gasteiger partial charge in [0.05, 0.1) is 5.02 Å². The molecule has 0 aliphatic heterocycles. The molecule has 0 radical (unpaired) electrons. The Kier molecular flexibility index (Phi) is 2.41. The molecule has 0 saturated heterocycles. The van der Waals surface area contributed by atoms with Crippen molar-refractivity contribution in [2.75, 3.05) is 6.54 Å². The van der Waals surface area contributed by atoms with Crippen LogP contribution < -0.4 is 5.73 Å². The summed E-state index contributed by atoms with van der Waals surface area (Å²) in [5.74, 6) is 0.146. The largest absolute Gasteiger partial charge is 0.506 e. The van der Waals surface area contributed by atoms with Crippen molar-refractivity contribution >= 4 is 11.6 Å². The van der Waals surface area contributed by atoms with E-state index in [2.05, 4.69) is 0 Å². The Hall–Kier alpha value is -0.730. The number of phenolic OH excluding ortho intramolecular Hbond substituents is 1. The fraction of sp³-hybridized carbons (Fsp3) is 0.455. The minimum atomic E-state index is 0.146. The highest BCUT2D eigenvalue weighted by molar-refractivity contribution is 6.32. The number of nitrogens with two attached hydrogens (primary N) is 1. The van der Waals surface area contributed by atoms with Crippen molar-refractivity contribution < 1.29 is 5.11 Å². The van der Waals surface area contributed by atoms with Gasteiger partial charge in [0.15, 0.2) is 0 Å². The van der Waals surface area contributed by atoms with Crippen LogP contribution in [0.4, 0.5) is 0 Å². The first kappa shape index (κ1) is 9.81.